The number of aliphatic imine (C=N–C) groups is 1. The first-order valence-electron chi connectivity index (χ1n) is 7.58. The van der Waals surface area contributed by atoms with Crippen LogP contribution in [0.3, 0.4) is 0 Å². The van der Waals surface area contributed by atoms with Gasteiger partial charge in [-0.05, 0) is 57.7 Å². The lowest BCUT2D eigenvalue weighted by atomic mass is 10.3. The summed E-state index contributed by atoms with van der Waals surface area (Å²) in [5.41, 5.74) is 3.97. The van der Waals surface area contributed by atoms with Crippen molar-refractivity contribution in [1.82, 2.24) is 5.48 Å². The maximum Gasteiger partial charge on any atom is 0.234 e. The molecule has 0 aliphatic carbocycles. The Labute approximate surface area is 146 Å². The van der Waals surface area contributed by atoms with Gasteiger partial charge < -0.3 is 9.84 Å². The van der Waals surface area contributed by atoms with Crippen LogP contribution in [-0.4, -0.2) is 33.9 Å². The predicted molar refractivity (Wildman–Crippen MR) is 109 cm³/mol. The lowest BCUT2D eigenvalue weighted by Gasteiger charge is -2.20. The molecule has 23 heavy (non-hydrogen) atoms. The molecule has 2 N–H and O–H groups in total. The molecule has 0 bridgehead atoms. The summed E-state index contributed by atoms with van der Waals surface area (Å²) in [7, 11) is -3.38. The van der Waals surface area contributed by atoms with Crippen LogP contribution in [0, 0.1) is 0 Å². The second-order valence-electron chi connectivity index (χ2n) is 7.03. The van der Waals surface area contributed by atoms with Crippen molar-refractivity contribution in [2.45, 2.75) is 39.3 Å². The van der Waals surface area contributed by atoms with Crippen LogP contribution in [0.2, 0.25) is 39.3 Å². The zero-order chi connectivity index (χ0) is 17.5. The van der Waals surface area contributed by atoms with E-state index in [0.717, 1.165) is 10.9 Å². The van der Waals surface area contributed by atoms with Gasteiger partial charge in [-0.1, -0.05) is 30.0 Å². The third-order valence-corrected chi connectivity index (χ3v) is 4.49. The molecule has 5 nitrogen and oxygen atoms in total. The smallest absolute Gasteiger partial charge is 0.234 e. The molecular weight excluding hydrogens is 340 g/mol. The van der Waals surface area contributed by atoms with Crippen LogP contribution < -0.4 is 10.8 Å². The molecule has 1 aromatic rings. The van der Waals surface area contributed by atoms with Gasteiger partial charge in [0.15, 0.2) is 13.4 Å². The minimum atomic E-state index is -1.70. The van der Waals surface area contributed by atoms with Gasteiger partial charge in [-0.3, -0.25) is 4.66 Å². The van der Waals surface area contributed by atoms with Gasteiger partial charge in [0, 0.05) is 5.69 Å². The molecule has 0 fully saturated rings. The maximum atomic E-state index is 5.77. The zero-order valence-electron chi connectivity index (χ0n) is 15.1. The third kappa shape index (κ3) is 9.59. The van der Waals surface area contributed by atoms with Crippen LogP contribution in [0.1, 0.15) is 0 Å². The summed E-state index contributed by atoms with van der Waals surface area (Å²) < 4.78 is 10.5. The number of hydroxylamine groups is 1. The fraction of sp³-hybridized carbons (Fsp3) is 0.467. The molecule has 0 saturated heterocycles. The molecule has 0 heterocycles. The quantitative estimate of drug-likeness (QED) is 0.359. The van der Waals surface area contributed by atoms with E-state index in [0.29, 0.717) is 5.96 Å². The summed E-state index contributed by atoms with van der Waals surface area (Å²) in [5, 5.41) is 4.08. The molecule has 0 amide bonds. The van der Waals surface area contributed by atoms with E-state index in [2.05, 4.69) is 55.1 Å². The van der Waals surface area contributed by atoms with Crippen molar-refractivity contribution < 1.29 is 4.53 Å². The fourth-order valence-corrected chi connectivity index (χ4v) is 2.98. The molecule has 0 aromatic heterocycles. The van der Waals surface area contributed by atoms with Gasteiger partial charge in [0.25, 0.3) is 0 Å². The summed E-state index contributed by atoms with van der Waals surface area (Å²) in [5.74, 6) is 0.541. The van der Waals surface area contributed by atoms with Crippen molar-refractivity contribution in [3.05, 3.63) is 30.3 Å². The van der Waals surface area contributed by atoms with E-state index in [1.807, 2.05) is 36.6 Å². The van der Waals surface area contributed by atoms with E-state index in [9.17, 15) is 0 Å². The molecule has 0 aliphatic heterocycles. The second kappa shape index (κ2) is 8.67. The molecule has 1 aromatic carbocycles. The molecule has 0 aliphatic rings. The summed E-state index contributed by atoms with van der Waals surface area (Å²) >= 11 is 1.54. The van der Waals surface area contributed by atoms with Crippen LogP contribution in [-0.2, 0) is 4.53 Å². The van der Waals surface area contributed by atoms with Crippen LogP contribution in [0.5, 0.6) is 0 Å². The van der Waals surface area contributed by atoms with Gasteiger partial charge in [-0.25, -0.2) is 5.48 Å². The Kier molecular flexibility index (Phi) is 7.52. The lowest BCUT2D eigenvalue weighted by Crippen LogP contribution is -2.38. The second-order valence-corrected chi connectivity index (χ2v) is 16.8. The standard InChI is InChI=1S/C15H28N4OSSi2/c1-21-15(16-13-11-9-8-10-12-13)17-14(19-22(2,3)4)18-20-23(5,6)7/h8-12H,1-7H3,(H2,16,17,18,19). The highest BCUT2D eigenvalue weighted by atomic mass is 32.2. The third-order valence-electron chi connectivity index (χ3n) is 2.32. The molecule has 0 spiro atoms. The average Bonchev–Trinajstić information content (AvgIpc) is 2.43. The largest absolute Gasteiger partial charge is 0.335 e. The maximum absolute atomic E-state index is 5.77. The summed E-state index contributed by atoms with van der Waals surface area (Å²) in [6.07, 6.45) is 1.99. The Hall–Kier alpha value is -1.10. The van der Waals surface area contributed by atoms with Gasteiger partial charge in [-0.2, -0.15) is 4.99 Å². The van der Waals surface area contributed by atoms with Gasteiger partial charge in [0.1, 0.15) is 0 Å². The van der Waals surface area contributed by atoms with E-state index < -0.39 is 16.6 Å². The summed E-state index contributed by atoms with van der Waals surface area (Å²) in [4.78, 5) is 4.62. The van der Waals surface area contributed by atoms with Crippen molar-refractivity contribution in [3.63, 3.8) is 0 Å². The summed E-state index contributed by atoms with van der Waals surface area (Å²) in [6.45, 7) is 12.9. The Morgan fingerprint density at radius 3 is 2.13 bits per heavy atom. The van der Waals surface area contributed by atoms with Crippen LogP contribution in [0.15, 0.2) is 40.0 Å². The highest BCUT2D eigenvalue weighted by Crippen LogP contribution is 2.11. The van der Waals surface area contributed by atoms with Gasteiger partial charge in [-0.15, -0.1) is 0 Å². The monoisotopic (exact) mass is 368 g/mol. The van der Waals surface area contributed by atoms with E-state index in [1.165, 1.54) is 0 Å². The normalized spacial score (nSPS) is 13.9. The van der Waals surface area contributed by atoms with Crippen molar-refractivity contribution in [2.75, 3.05) is 11.6 Å². The van der Waals surface area contributed by atoms with Gasteiger partial charge in [0.05, 0.1) is 0 Å². The number of amidine groups is 1. The number of rotatable bonds is 4. The number of guanidine groups is 1. The highest BCUT2D eigenvalue weighted by Gasteiger charge is 2.18. The summed E-state index contributed by atoms with van der Waals surface area (Å²) in [6, 6.07) is 9.98. The molecule has 0 atom stereocenters. The van der Waals surface area contributed by atoms with Crippen molar-refractivity contribution in [3.8, 4) is 0 Å². The number of hydrogen-bond acceptors (Lipinski definition) is 3. The first-order chi connectivity index (χ1) is 10.6. The number of nitrogens with one attached hydrogen (secondary N) is 2. The first-order valence-corrected chi connectivity index (χ1v) is 15.7. The molecule has 0 saturated carbocycles. The number of thioether (sulfide) groups is 1. The lowest BCUT2D eigenvalue weighted by molar-refractivity contribution is 0.253. The Balaban J connectivity index is 2.97. The SMILES string of the molecule is CS/C(=N\C(=N\[Si](C)(C)C)NO[Si](C)(C)C)Nc1ccccc1. The number of nitrogens with zero attached hydrogens (tertiary/aromatic N) is 2. The van der Waals surface area contributed by atoms with Gasteiger partial charge in [0.2, 0.25) is 14.3 Å². The highest BCUT2D eigenvalue weighted by molar-refractivity contribution is 8.13. The molecule has 8 heteroatoms. The fourth-order valence-electron chi connectivity index (χ4n) is 1.45. The molecule has 1 rings (SSSR count). The zero-order valence-corrected chi connectivity index (χ0v) is 17.9. The minimum Gasteiger partial charge on any atom is -0.335 e. The van der Waals surface area contributed by atoms with Crippen LogP contribution >= 0.6 is 11.8 Å². The predicted octanol–water partition coefficient (Wildman–Crippen LogP) is 4.36. The van der Waals surface area contributed by atoms with Crippen molar-refractivity contribution >= 4 is 45.1 Å². The molecule has 0 radical (unpaired) electrons. The Morgan fingerprint density at radius 1 is 1.04 bits per heavy atom. The minimum absolute atomic E-state index is 0.541. The van der Waals surface area contributed by atoms with E-state index in [1.54, 1.807) is 11.8 Å². The van der Waals surface area contributed by atoms with Crippen LogP contribution in [0.25, 0.3) is 0 Å². The molecule has 128 valence electrons. The average molecular weight is 369 g/mol. The van der Waals surface area contributed by atoms with E-state index >= 15 is 0 Å². The number of benzene rings is 1. The van der Waals surface area contributed by atoms with Gasteiger partial charge >= 0.3 is 0 Å². The Morgan fingerprint density at radius 2 is 1.65 bits per heavy atom. The first kappa shape index (κ1) is 19.9. The van der Waals surface area contributed by atoms with E-state index in [4.69, 9.17) is 9.18 Å². The number of para-hydroxylation sites is 1. The number of hydrogen-bond donors (Lipinski definition) is 2. The van der Waals surface area contributed by atoms with Crippen molar-refractivity contribution in [2.24, 2.45) is 9.65 Å². The van der Waals surface area contributed by atoms with Crippen LogP contribution in [0.4, 0.5) is 5.69 Å². The van der Waals surface area contributed by atoms with E-state index in [-0.39, 0.29) is 0 Å². The molecular formula is C15H28N4OSSi2. The van der Waals surface area contributed by atoms with Crippen molar-refractivity contribution in [1.29, 1.82) is 0 Å². The Bertz CT molecular complexity index is 551. The number of anilines is 1. The molecule has 0 unspecified atom stereocenters. The topological polar surface area (TPSA) is 58.0 Å².